The average molecular weight is 454 g/mol. The van der Waals surface area contributed by atoms with Crippen molar-refractivity contribution in [2.75, 3.05) is 19.0 Å². The van der Waals surface area contributed by atoms with E-state index in [4.69, 9.17) is 13.9 Å². The number of fused-ring (bicyclic) bond motifs is 1. The number of hydrogen-bond acceptors (Lipinski definition) is 6. The van der Waals surface area contributed by atoms with Crippen molar-refractivity contribution in [1.29, 1.82) is 0 Å². The maximum absolute atomic E-state index is 5.77. The normalized spacial score (nSPS) is 10.9. The highest BCUT2D eigenvalue weighted by Gasteiger charge is 2.12. The molecule has 0 aliphatic rings. The van der Waals surface area contributed by atoms with Crippen LogP contribution in [0.4, 0.5) is 5.69 Å². The molecule has 2 aromatic heterocycles. The third kappa shape index (κ3) is 4.19. The third-order valence-electron chi connectivity index (χ3n) is 4.37. The number of pyridine rings is 1. The Labute approximate surface area is 177 Å². The lowest BCUT2D eigenvalue weighted by atomic mass is 10.1. The third-order valence-corrected chi connectivity index (χ3v) is 4.96. The zero-order valence-electron chi connectivity index (χ0n) is 16.1. The first kappa shape index (κ1) is 19.3. The Morgan fingerprint density at radius 1 is 1.14 bits per heavy atom. The maximum atomic E-state index is 5.77. The molecule has 0 saturated carbocycles. The number of nitrogens with zero attached hydrogens (tertiary/aromatic N) is 2. The lowest BCUT2D eigenvalue weighted by Crippen LogP contribution is -2.02. The van der Waals surface area contributed by atoms with Crippen LogP contribution in [0.15, 0.2) is 63.6 Å². The highest BCUT2D eigenvalue weighted by molar-refractivity contribution is 9.10. The molecule has 0 radical (unpaired) electrons. The topological polar surface area (TPSA) is 69.4 Å². The van der Waals surface area contributed by atoms with Gasteiger partial charge in [-0.1, -0.05) is 0 Å². The summed E-state index contributed by atoms with van der Waals surface area (Å²) in [6, 6.07) is 15.6. The molecule has 4 aromatic rings. The van der Waals surface area contributed by atoms with Crippen molar-refractivity contribution in [3.05, 3.63) is 64.8 Å². The number of ether oxygens (including phenoxy) is 2. The zero-order valence-corrected chi connectivity index (χ0v) is 17.7. The van der Waals surface area contributed by atoms with Gasteiger partial charge in [0.2, 0.25) is 5.89 Å². The molecule has 7 heteroatoms. The monoisotopic (exact) mass is 453 g/mol. The second-order valence-corrected chi connectivity index (χ2v) is 7.17. The molecule has 2 aromatic carbocycles. The summed E-state index contributed by atoms with van der Waals surface area (Å²) in [5, 5.41) is 3.42. The van der Waals surface area contributed by atoms with Crippen molar-refractivity contribution in [2.45, 2.75) is 13.5 Å². The van der Waals surface area contributed by atoms with Crippen LogP contribution in [-0.2, 0) is 6.54 Å². The lowest BCUT2D eigenvalue weighted by Gasteiger charge is -2.14. The Hall–Kier alpha value is -3.06. The molecule has 4 rings (SSSR count). The SMILES string of the molecule is CCOc1c(Br)cc(CNc2ccc(-c3nc4ncccc4o3)cc2)cc1OC. The Bertz CT molecular complexity index is 1090. The summed E-state index contributed by atoms with van der Waals surface area (Å²) < 4.78 is 17.7. The summed E-state index contributed by atoms with van der Waals surface area (Å²) in [6.07, 6.45) is 1.70. The van der Waals surface area contributed by atoms with E-state index >= 15 is 0 Å². The van der Waals surface area contributed by atoms with E-state index in [9.17, 15) is 0 Å². The number of halogens is 1. The van der Waals surface area contributed by atoms with Gasteiger partial charge in [0.05, 0.1) is 18.2 Å². The minimum absolute atomic E-state index is 0.561. The second kappa shape index (κ2) is 8.53. The highest BCUT2D eigenvalue weighted by Crippen LogP contribution is 2.37. The molecule has 148 valence electrons. The molecule has 29 heavy (non-hydrogen) atoms. The summed E-state index contributed by atoms with van der Waals surface area (Å²) in [6.45, 7) is 3.17. The molecular formula is C22H20BrN3O3. The first-order valence-corrected chi connectivity index (χ1v) is 10.0. The number of oxazole rings is 1. The molecule has 0 amide bonds. The molecule has 0 aliphatic heterocycles. The van der Waals surface area contributed by atoms with E-state index in [0.29, 0.717) is 36.0 Å². The van der Waals surface area contributed by atoms with E-state index < -0.39 is 0 Å². The van der Waals surface area contributed by atoms with Crippen molar-refractivity contribution in [1.82, 2.24) is 9.97 Å². The molecular weight excluding hydrogens is 434 g/mol. The quantitative estimate of drug-likeness (QED) is 0.388. The van der Waals surface area contributed by atoms with Gasteiger partial charge in [-0.05, 0) is 76.9 Å². The Balaban J connectivity index is 1.47. The van der Waals surface area contributed by atoms with Gasteiger partial charge in [0, 0.05) is 24.0 Å². The number of aromatic nitrogens is 2. The van der Waals surface area contributed by atoms with E-state index in [1.54, 1.807) is 13.3 Å². The standard InChI is InChI=1S/C22H20BrN3O3/c1-3-28-20-17(23)11-14(12-19(20)27-2)13-25-16-8-6-15(7-9-16)22-26-21-18(29-22)5-4-10-24-21/h4-12,25H,3,13H2,1-2H3. The van der Waals surface area contributed by atoms with Gasteiger partial charge in [0.15, 0.2) is 22.7 Å². The Kier molecular flexibility index (Phi) is 5.67. The number of nitrogens with one attached hydrogen (secondary N) is 1. The summed E-state index contributed by atoms with van der Waals surface area (Å²) in [5.74, 6) is 1.99. The van der Waals surface area contributed by atoms with Gasteiger partial charge < -0.3 is 19.2 Å². The second-order valence-electron chi connectivity index (χ2n) is 6.32. The summed E-state index contributed by atoms with van der Waals surface area (Å²) in [7, 11) is 1.64. The van der Waals surface area contributed by atoms with Crippen LogP contribution in [0.25, 0.3) is 22.7 Å². The van der Waals surface area contributed by atoms with Crippen molar-refractivity contribution in [2.24, 2.45) is 0 Å². The molecule has 0 unspecified atom stereocenters. The Morgan fingerprint density at radius 2 is 1.97 bits per heavy atom. The molecule has 2 heterocycles. The van der Waals surface area contributed by atoms with Gasteiger partial charge in [-0.15, -0.1) is 0 Å². The fourth-order valence-corrected chi connectivity index (χ4v) is 3.59. The molecule has 0 saturated heterocycles. The molecule has 0 bridgehead atoms. The summed E-state index contributed by atoms with van der Waals surface area (Å²) in [4.78, 5) is 8.64. The molecule has 1 N–H and O–H groups in total. The van der Waals surface area contributed by atoms with Gasteiger partial charge in [-0.25, -0.2) is 4.98 Å². The average Bonchev–Trinajstić information content (AvgIpc) is 3.18. The fourth-order valence-electron chi connectivity index (χ4n) is 2.99. The highest BCUT2D eigenvalue weighted by atomic mass is 79.9. The predicted molar refractivity (Wildman–Crippen MR) is 116 cm³/mol. The minimum atomic E-state index is 0.561. The number of rotatable bonds is 7. The predicted octanol–water partition coefficient (Wildman–Crippen LogP) is 5.67. The number of hydrogen-bond donors (Lipinski definition) is 1. The Morgan fingerprint density at radius 3 is 2.69 bits per heavy atom. The first-order valence-electron chi connectivity index (χ1n) is 9.23. The molecule has 0 spiro atoms. The lowest BCUT2D eigenvalue weighted by molar-refractivity contribution is 0.308. The van der Waals surface area contributed by atoms with Gasteiger partial charge in [0.25, 0.3) is 0 Å². The van der Waals surface area contributed by atoms with Crippen LogP contribution < -0.4 is 14.8 Å². The van der Waals surface area contributed by atoms with Gasteiger partial charge in [-0.2, -0.15) is 4.98 Å². The van der Waals surface area contributed by atoms with Gasteiger partial charge >= 0.3 is 0 Å². The van der Waals surface area contributed by atoms with E-state index in [0.717, 1.165) is 27.0 Å². The van der Waals surface area contributed by atoms with Crippen LogP contribution in [0.2, 0.25) is 0 Å². The fraction of sp³-hybridized carbons (Fsp3) is 0.182. The van der Waals surface area contributed by atoms with Crippen LogP contribution in [0, 0.1) is 0 Å². The number of benzene rings is 2. The van der Waals surface area contributed by atoms with Crippen LogP contribution in [0.3, 0.4) is 0 Å². The van der Waals surface area contributed by atoms with E-state index in [1.165, 1.54) is 0 Å². The number of methoxy groups -OCH3 is 1. The number of anilines is 1. The van der Waals surface area contributed by atoms with E-state index in [1.807, 2.05) is 55.5 Å². The van der Waals surface area contributed by atoms with Crippen molar-refractivity contribution in [3.63, 3.8) is 0 Å². The van der Waals surface area contributed by atoms with Gasteiger partial charge in [-0.3, -0.25) is 0 Å². The van der Waals surface area contributed by atoms with E-state index in [2.05, 4.69) is 31.2 Å². The first-order chi connectivity index (χ1) is 14.2. The molecule has 6 nitrogen and oxygen atoms in total. The minimum Gasteiger partial charge on any atom is -0.493 e. The van der Waals surface area contributed by atoms with Crippen LogP contribution in [0.1, 0.15) is 12.5 Å². The smallest absolute Gasteiger partial charge is 0.228 e. The zero-order chi connectivity index (χ0) is 20.2. The molecule has 0 atom stereocenters. The van der Waals surface area contributed by atoms with Crippen molar-refractivity contribution >= 4 is 32.8 Å². The van der Waals surface area contributed by atoms with E-state index in [-0.39, 0.29) is 0 Å². The van der Waals surface area contributed by atoms with Crippen LogP contribution >= 0.6 is 15.9 Å². The van der Waals surface area contributed by atoms with Crippen LogP contribution in [-0.4, -0.2) is 23.7 Å². The maximum Gasteiger partial charge on any atom is 0.228 e. The summed E-state index contributed by atoms with van der Waals surface area (Å²) >= 11 is 3.56. The van der Waals surface area contributed by atoms with Crippen molar-refractivity contribution < 1.29 is 13.9 Å². The molecule has 0 aliphatic carbocycles. The van der Waals surface area contributed by atoms with Crippen molar-refractivity contribution in [3.8, 4) is 23.0 Å². The largest absolute Gasteiger partial charge is 0.493 e. The van der Waals surface area contributed by atoms with Crippen LogP contribution in [0.5, 0.6) is 11.5 Å². The van der Waals surface area contributed by atoms with Gasteiger partial charge in [0.1, 0.15) is 0 Å². The molecule has 0 fully saturated rings. The summed E-state index contributed by atoms with van der Waals surface area (Å²) in [5.41, 5.74) is 4.26.